The van der Waals surface area contributed by atoms with Crippen LogP contribution in [0.2, 0.25) is 0 Å². The van der Waals surface area contributed by atoms with E-state index >= 15 is 0 Å². The van der Waals surface area contributed by atoms with E-state index in [2.05, 4.69) is 10.6 Å². The van der Waals surface area contributed by atoms with E-state index in [-0.39, 0.29) is 12.5 Å². The fraction of sp³-hybridized carbons (Fsp3) is 0.211. The first-order chi connectivity index (χ1) is 12.5. The van der Waals surface area contributed by atoms with Gasteiger partial charge in [0.25, 0.3) is 11.8 Å². The third-order valence-electron chi connectivity index (χ3n) is 3.46. The van der Waals surface area contributed by atoms with Gasteiger partial charge in [-0.2, -0.15) is 0 Å². The van der Waals surface area contributed by atoms with Gasteiger partial charge in [-0.3, -0.25) is 14.4 Å². The zero-order valence-electron chi connectivity index (χ0n) is 14.7. The summed E-state index contributed by atoms with van der Waals surface area (Å²) in [6, 6.07) is 15.8. The van der Waals surface area contributed by atoms with E-state index in [1.807, 2.05) is 31.1 Å². The summed E-state index contributed by atoms with van der Waals surface area (Å²) < 4.78 is 4.85. The topological polar surface area (TPSA) is 87.7 Å². The molecule has 2 N–H and O–H groups in total. The molecule has 0 aliphatic heterocycles. The van der Waals surface area contributed by atoms with Crippen LogP contribution in [-0.2, 0) is 14.3 Å². The van der Waals surface area contributed by atoms with Crippen LogP contribution in [0.1, 0.15) is 10.4 Å². The van der Waals surface area contributed by atoms with Crippen LogP contribution in [0, 0.1) is 0 Å². The number of rotatable bonds is 7. The van der Waals surface area contributed by atoms with Gasteiger partial charge < -0.3 is 20.3 Å². The van der Waals surface area contributed by atoms with E-state index in [1.54, 1.807) is 42.5 Å². The largest absolute Gasteiger partial charge is 0.454 e. The smallest absolute Gasteiger partial charge is 0.325 e. The van der Waals surface area contributed by atoms with Gasteiger partial charge in [-0.1, -0.05) is 18.2 Å². The Bertz CT molecular complexity index is 758. The van der Waals surface area contributed by atoms with Crippen LogP contribution in [0.25, 0.3) is 0 Å². The number of carbonyl (C=O) groups excluding carboxylic acids is 3. The van der Waals surface area contributed by atoms with E-state index in [4.69, 9.17) is 4.74 Å². The van der Waals surface area contributed by atoms with Crippen LogP contribution in [0.3, 0.4) is 0 Å². The normalized spacial score (nSPS) is 9.92. The van der Waals surface area contributed by atoms with Crippen molar-refractivity contribution in [2.24, 2.45) is 0 Å². The number of nitrogens with zero attached hydrogens (tertiary/aromatic N) is 1. The standard InChI is InChI=1S/C19H21N3O4/c1-22(2)16-10-8-15(9-11-16)21-17(23)13-26-18(24)12-20-19(25)14-6-4-3-5-7-14/h3-11H,12-13H2,1-2H3,(H,20,25)(H,21,23). The van der Waals surface area contributed by atoms with Crippen LogP contribution in [0.15, 0.2) is 54.6 Å². The number of hydrogen-bond donors (Lipinski definition) is 2. The number of nitrogens with one attached hydrogen (secondary N) is 2. The Morgan fingerprint density at radius 2 is 1.62 bits per heavy atom. The molecule has 0 aliphatic rings. The molecule has 0 heterocycles. The van der Waals surface area contributed by atoms with Crippen molar-refractivity contribution >= 4 is 29.2 Å². The van der Waals surface area contributed by atoms with Crippen molar-refractivity contribution in [2.45, 2.75) is 0 Å². The Hall–Kier alpha value is -3.35. The summed E-state index contributed by atoms with van der Waals surface area (Å²) >= 11 is 0. The molecule has 2 aromatic rings. The molecule has 0 fully saturated rings. The summed E-state index contributed by atoms with van der Waals surface area (Å²) in [4.78, 5) is 37.2. The average Bonchev–Trinajstić information content (AvgIpc) is 2.65. The lowest BCUT2D eigenvalue weighted by Crippen LogP contribution is -2.32. The summed E-state index contributed by atoms with van der Waals surface area (Å²) in [7, 11) is 3.84. The molecule has 136 valence electrons. The Morgan fingerprint density at radius 3 is 2.23 bits per heavy atom. The molecule has 0 aromatic heterocycles. The summed E-state index contributed by atoms with van der Waals surface area (Å²) in [6.45, 7) is -0.728. The molecule has 7 heteroatoms. The predicted octanol–water partition coefficient (Wildman–Crippen LogP) is 1.66. The second-order valence-corrected chi connectivity index (χ2v) is 5.70. The monoisotopic (exact) mass is 355 g/mol. The van der Waals surface area contributed by atoms with Crippen molar-refractivity contribution in [1.29, 1.82) is 0 Å². The Labute approximate surface area is 152 Å². The first kappa shape index (κ1) is 19.0. The van der Waals surface area contributed by atoms with Gasteiger partial charge in [0.15, 0.2) is 6.61 Å². The molecule has 0 saturated carbocycles. The van der Waals surface area contributed by atoms with Crippen molar-refractivity contribution in [2.75, 3.05) is 37.5 Å². The molecule has 0 radical (unpaired) electrons. The minimum Gasteiger partial charge on any atom is -0.454 e. The highest BCUT2D eigenvalue weighted by molar-refractivity contribution is 5.96. The molecular formula is C19H21N3O4. The van der Waals surface area contributed by atoms with Gasteiger partial charge in [0, 0.05) is 31.0 Å². The number of benzene rings is 2. The van der Waals surface area contributed by atoms with Gasteiger partial charge >= 0.3 is 5.97 Å². The maximum Gasteiger partial charge on any atom is 0.325 e. The molecule has 0 saturated heterocycles. The lowest BCUT2D eigenvalue weighted by Gasteiger charge is -2.13. The summed E-state index contributed by atoms with van der Waals surface area (Å²) in [5, 5.41) is 5.07. The van der Waals surface area contributed by atoms with Gasteiger partial charge in [-0.15, -0.1) is 0 Å². The second-order valence-electron chi connectivity index (χ2n) is 5.70. The molecule has 0 unspecified atom stereocenters. The molecular weight excluding hydrogens is 334 g/mol. The lowest BCUT2D eigenvalue weighted by molar-refractivity contribution is -0.146. The third-order valence-corrected chi connectivity index (χ3v) is 3.46. The van der Waals surface area contributed by atoms with Gasteiger partial charge in [0.05, 0.1) is 0 Å². The molecule has 0 bridgehead atoms. The second kappa shape index (κ2) is 9.22. The van der Waals surface area contributed by atoms with Gasteiger partial charge in [-0.05, 0) is 36.4 Å². The highest BCUT2D eigenvalue weighted by Crippen LogP contribution is 2.15. The number of carbonyl (C=O) groups is 3. The van der Waals surface area contributed by atoms with E-state index in [9.17, 15) is 14.4 Å². The Kier molecular flexibility index (Phi) is 6.73. The molecule has 26 heavy (non-hydrogen) atoms. The maximum absolute atomic E-state index is 11.8. The van der Waals surface area contributed by atoms with Crippen LogP contribution in [0.5, 0.6) is 0 Å². The number of anilines is 2. The number of hydrogen-bond acceptors (Lipinski definition) is 5. The molecule has 0 aliphatic carbocycles. The van der Waals surface area contributed by atoms with Crippen molar-refractivity contribution in [3.8, 4) is 0 Å². The van der Waals surface area contributed by atoms with E-state index in [0.717, 1.165) is 5.69 Å². The van der Waals surface area contributed by atoms with Crippen LogP contribution in [0.4, 0.5) is 11.4 Å². The molecule has 0 spiro atoms. The molecule has 2 amide bonds. The van der Waals surface area contributed by atoms with E-state index in [1.165, 1.54) is 0 Å². The molecule has 2 aromatic carbocycles. The average molecular weight is 355 g/mol. The molecule has 7 nitrogen and oxygen atoms in total. The zero-order chi connectivity index (χ0) is 18.9. The first-order valence-electron chi connectivity index (χ1n) is 8.02. The zero-order valence-corrected chi connectivity index (χ0v) is 14.7. The Morgan fingerprint density at radius 1 is 0.962 bits per heavy atom. The van der Waals surface area contributed by atoms with Crippen molar-refractivity contribution in [3.63, 3.8) is 0 Å². The fourth-order valence-corrected chi connectivity index (χ4v) is 2.08. The van der Waals surface area contributed by atoms with Crippen LogP contribution >= 0.6 is 0 Å². The van der Waals surface area contributed by atoms with Crippen molar-refractivity contribution in [1.82, 2.24) is 5.32 Å². The number of ether oxygens (including phenoxy) is 1. The fourth-order valence-electron chi connectivity index (χ4n) is 2.08. The third kappa shape index (κ3) is 5.94. The van der Waals surface area contributed by atoms with Crippen LogP contribution in [-0.4, -0.2) is 45.0 Å². The summed E-state index contributed by atoms with van der Waals surface area (Å²) in [6.07, 6.45) is 0. The van der Waals surface area contributed by atoms with E-state index in [0.29, 0.717) is 11.3 Å². The minimum atomic E-state index is -0.688. The maximum atomic E-state index is 11.8. The molecule has 0 atom stereocenters. The summed E-state index contributed by atoms with van der Waals surface area (Å²) in [5.74, 6) is -1.52. The highest BCUT2D eigenvalue weighted by atomic mass is 16.5. The minimum absolute atomic E-state index is 0.307. The van der Waals surface area contributed by atoms with Gasteiger partial charge in [0.1, 0.15) is 6.54 Å². The van der Waals surface area contributed by atoms with Gasteiger partial charge in [-0.25, -0.2) is 0 Å². The van der Waals surface area contributed by atoms with Crippen LogP contribution < -0.4 is 15.5 Å². The van der Waals surface area contributed by atoms with E-state index < -0.39 is 18.5 Å². The van der Waals surface area contributed by atoms with Gasteiger partial charge in [0.2, 0.25) is 0 Å². The van der Waals surface area contributed by atoms with Crippen molar-refractivity contribution < 1.29 is 19.1 Å². The quantitative estimate of drug-likeness (QED) is 0.738. The SMILES string of the molecule is CN(C)c1ccc(NC(=O)COC(=O)CNC(=O)c2ccccc2)cc1. The van der Waals surface area contributed by atoms with Crippen molar-refractivity contribution in [3.05, 3.63) is 60.2 Å². The summed E-state index contributed by atoms with van der Waals surface area (Å²) in [5.41, 5.74) is 2.05. The Balaban J connectivity index is 1.71. The number of esters is 1. The predicted molar refractivity (Wildman–Crippen MR) is 99.1 cm³/mol. The first-order valence-corrected chi connectivity index (χ1v) is 8.02. The molecule has 2 rings (SSSR count). The highest BCUT2D eigenvalue weighted by Gasteiger charge is 2.10. The number of amides is 2. The lowest BCUT2D eigenvalue weighted by atomic mass is 10.2.